The van der Waals surface area contributed by atoms with Crippen molar-refractivity contribution < 1.29 is 19.1 Å². The Bertz CT molecular complexity index is 532. The van der Waals surface area contributed by atoms with Crippen LogP contribution in [0.25, 0.3) is 0 Å². The van der Waals surface area contributed by atoms with E-state index in [1.54, 1.807) is 12.1 Å². The number of thiazole rings is 1. The molecule has 6 nitrogen and oxygen atoms in total. The maximum atomic E-state index is 11.5. The van der Waals surface area contributed by atoms with Gasteiger partial charge in [-0.25, -0.2) is 9.78 Å². The lowest BCUT2D eigenvalue weighted by atomic mass is 10.4. The molecule has 2 aromatic heterocycles. The normalized spacial score (nSPS) is 10.1. The Morgan fingerprint density at radius 3 is 2.94 bits per heavy atom. The van der Waals surface area contributed by atoms with Gasteiger partial charge in [-0.2, -0.15) is 0 Å². The number of carbonyl (C=O) groups excluding carboxylic acids is 1. The molecule has 2 aromatic rings. The molecule has 0 aliphatic carbocycles. The lowest BCUT2D eigenvalue weighted by molar-refractivity contribution is 0.0691. The Hall–Kier alpha value is -2.15. The van der Waals surface area contributed by atoms with E-state index in [2.05, 4.69) is 10.3 Å². The second kappa shape index (κ2) is 4.79. The van der Waals surface area contributed by atoms with E-state index in [4.69, 9.17) is 9.52 Å². The fraction of sp³-hybridized carbons (Fsp3) is 0.100. The zero-order valence-corrected chi connectivity index (χ0v) is 9.36. The number of furan rings is 1. The number of aromatic nitrogens is 1. The SMILES string of the molecule is O=C(O)c1csc(CNC(=O)c2ccco2)n1. The first-order chi connectivity index (χ1) is 8.16. The van der Waals surface area contributed by atoms with E-state index in [0.29, 0.717) is 5.01 Å². The van der Waals surface area contributed by atoms with Gasteiger partial charge in [-0.3, -0.25) is 4.79 Å². The number of nitrogens with zero attached hydrogens (tertiary/aromatic N) is 1. The first-order valence-electron chi connectivity index (χ1n) is 4.66. The van der Waals surface area contributed by atoms with Gasteiger partial charge in [-0.15, -0.1) is 11.3 Å². The van der Waals surface area contributed by atoms with Crippen LogP contribution in [0, 0.1) is 0 Å². The van der Waals surface area contributed by atoms with Crippen LogP contribution in [-0.2, 0) is 6.54 Å². The van der Waals surface area contributed by atoms with Crippen LogP contribution in [0.2, 0.25) is 0 Å². The standard InChI is InChI=1S/C10H8N2O4S/c13-9(7-2-1-3-16-7)11-4-8-12-6(5-17-8)10(14)15/h1-3,5H,4H2,(H,11,13)(H,14,15). The van der Waals surface area contributed by atoms with Crippen molar-refractivity contribution in [3.63, 3.8) is 0 Å². The van der Waals surface area contributed by atoms with Crippen LogP contribution in [0.4, 0.5) is 0 Å². The van der Waals surface area contributed by atoms with Crippen molar-refractivity contribution in [3.05, 3.63) is 40.2 Å². The van der Waals surface area contributed by atoms with Crippen LogP contribution in [0.15, 0.2) is 28.2 Å². The monoisotopic (exact) mass is 252 g/mol. The van der Waals surface area contributed by atoms with Gasteiger partial charge in [-0.05, 0) is 12.1 Å². The molecule has 0 saturated carbocycles. The molecule has 17 heavy (non-hydrogen) atoms. The zero-order chi connectivity index (χ0) is 12.3. The van der Waals surface area contributed by atoms with Gasteiger partial charge >= 0.3 is 5.97 Å². The molecule has 2 rings (SSSR count). The van der Waals surface area contributed by atoms with E-state index in [-0.39, 0.29) is 23.9 Å². The molecule has 0 spiro atoms. The Morgan fingerprint density at radius 2 is 2.35 bits per heavy atom. The van der Waals surface area contributed by atoms with Gasteiger partial charge in [0.1, 0.15) is 5.01 Å². The van der Waals surface area contributed by atoms with E-state index >= 15 is 0 Å². The number of carbonyl (C=O) groups is 2. The summed E-state index contributed by atoms with van der Waals surface area (Å²) in [5, 5.41) is 13.2. The van der Waals surface area contributed by atoms with E-state index < -0.39 is 5.97 Å². The van der Waals surface area contributed by atoms with Gasteiger partial charge in [0, 0.05) is 5.38 Å². The third kappa shape index (κ3) is 2.70. The Morgan fingerprint density at radius 1 is 1.53 bits per heavy atom. The zero-order valence-electron chi connectivity index (χ0n) is 8.54. The highest BCUT2D eigenvalue weighted by atomic mass is 32.1. The molecule has 0 unspecified atom stereocenters. The predicted molar refractivity (Wildman–Crippen MR) is 59.0 cm³/mol. The number of hydrogen-bond donors (Lipinski definition) is 2. The number of aromatic carboxylic acids is 1. The smallest absolute Gasteiger partial charge is 0.355 e. The molecule has 1 amide bonds. The van der Waals surface area contributed by atoms with E-state index in [1.165, 1.54) is 23.0 Å². The number of hydrogen-bond acceptors (Lipinski definition) is 5. The summed E-state index contributed by atoms with van der Waals surface area (Å²) in [4.78, 5) is 25.9. The van der Waals surface area contributed by atoms with E-state index in [9.17, 15) is 9.59 Å². The average molecular weight is 252 g/mol. The van der Waals surface area contributed by atoms with Crippen molar-refractivity contribution in [1.29, 1.82) is 0 Å². The average Bonchev–Trinajstić information content (AvgIpc) is 2.97. The van der Waals surface area contributed by atoms with Crippen LogP contribution < -0.4 is 5.32 Å². The van der Waals surface area contributed by atoms with Gasteiger partial charge in [0.25, 0.3) is 5.91 Å². The second-order valence-corrected chi connectivity index (χ2v) is 4.03. The lowest BCUT2D eigenvalue weighted by Crippen LogP contribution is -2.22. The van der Waals surface area contributed by atoms with Gasteiger partial charge in [0.15, 0.2) is 11.5 Å². The maximum absolute atomic E-state index is 11.5. The minimum absolute atomic E-state index is 0.0164. The van der Waals surface area contributed by atoms with Gasteiger partial charge in [-0.1, -0.05) is 0 Å². The molecule has 0 aromatic carbocycles. The summed E-state index contributed by atoms with van der Waals surface area (Å²) in [6, 6.07) is 3.15. The molecule has 0 saturated heterocycles. The quantitative estimate of drug-likeness (QED) is 0.857. The van der Waals surface area contributed by atoms with Gasteiger partial charge < -0.3 is 14.8 Å². The number of carboxylic acids is 1. The van der Waals surface area contributed by atoms with Crippen molar-refractivity contribution in [2.75, 3.05) is 0 Å². The van der Waals surface area contributed by atoms with Gasteiger partial charge in [0.05, 0.1) is 12.8 Å². The summed E-state index contributed by atoms with van der Waals surface area (Å²) in [5.41, 5.74) is -0.0164. The molecule has 0 atom stereocenters. The summed E-state index contributed by atoms with van der Waals surface area (Å²) in [6.07, 6.45) is 1.40. The van der Waals surface area contributed by atoms with Crippen LogP contribution >= 0.6 is 11.3 Å². The summed E-state index contributed by atoms with van der Waals surface area (Å²) >= 11 is 1.18. The number of amides is 1. The number of nitrogens with one attached hydrogen (secondary N) is 1. The topological polar surface area (TPSA) is 92.4 Å². The van der Waals surface area contributed by atoms with Crippen molar-refractivity contribution in [2.45, 2.75) is 6.54 Å². The minimum Gasteiger partial charge on any atom is -0.476 e. The molecule has 2 heterocycles. The first-order valence-corrected chi connectivity index (χ1v) is 5.54. The predicted octanol–water partition coefficient (Wildman–Crippen LogP) is 1.36. The highest BCUT2D eigenvalue weighted by Gasteiger charge is 2.11. The molecule has 0 aliphatic rings. The maximum Gasteiger partial charge on any atom is 0.355 e. The summed E-state index contributed by atoms with van der Waals surface area (Å²) in [6.45, 7) is 0.178. The molecule has 0 aliphatic heterocycles. The largest absolute Gasteiger partial charge is 0.476 e. The highest BCUT2D eigenvalue weighted by Crippen LogP contribution is 2.09. The third-order valence-corrected chi connectivity index (χ3v) is 2.76. The molecular weight excluding hydrogens is 244 g/mol. The van der Waals surface area contributed by atoms with Crippen molar-refractivity contribution in [2.24, 2.45) is 0 Å². The van der Waals surface area contributed by atoms with Crippen molar-refractivity contribution >= 4 is 23.2 Å². The fourth-order valence-electron chi connectivity index (χ4n) is 1.14. The molecular formula is C10H8N2O4S. The minimum atomic E-state index is -1.08. The molecule has 7 heteroatoms. The van der Waals surface area contributed by atoms with E-state index in [1.807, 2.05) is 0 Å². The molecule has 0 fully saturated rings. The number of carboxylic acid groups (broad SMARTS) is 1. The summed E-state index contributed by atoms with van der Waals surface area (Å²) in [5.74, 6) is -1.23. The van der Waals surface area contributed by atoms with Gasteiger partial charge in [0.2, 0.25) is 0 Å². The van der Waals surface area contributed by atoms with Crippen LogP contribution in [0.1, 0.15) is 26.1 Å². The van der Waals surface area contributed by atoms with Crippen molar-refractivity contribution in [3.8, 4) is 0 Å². The summed E-state index contributed by atoms with van der Waals surface area (Å²) in [7, 11) is 0. The van der Waals surface area contributed by atoms with Crippen LogP contribution in [-0.4, -0.2) is 22.0 Å². The Kier molecular flexibility index (Phi) is 3.20. The molecule has 0 radical (unpaired) electrons. The molecule has 2 N–H and O–H groups in total. The molecule has 0 bridgehead atoms. The number of rotatable bonds is 4. The fourth-order valence-corrected chi connectivity index (χ4v) is 1.85. The Balaban J connectivity index is 1.93. The first kappa shape index (κ1) is 11.3. The van der Waals surface area contributed by atoms with Crippen LogP contribution in [0.3, 0.4) is 0 Å². The second-order valence-electron chi connectivity index (χ2n) is 3.09. The van der Waals surface area contributed by atoms with Crippen molar-refractivity contribution in [1.82, 2.24) is 10.3 Å². The summed E-state index contributed by atoms with van der Waals surface area (Å²) < 4.78 is 4.90. The van der Waals surface area contributed by atoms with E-state index in [0.717, 1.165) is 0 Å². The highest BCUT2D eigenvalue weighted by molar-refractivity contribution is 7.09. The van der Waals surface area contributed by atoms with Crippen LogP contribution in [0.5, 0.6) is 0 Å². The third-order valence-electron chi connectivity index (χ3n) is 1.92. The lowest BCUT2D eigenvalue weighted by Gasteiger charge is -1.99. The molecule has 88 valence electrons. The Labute approximate surface area is 99.9 Å².